The molecule has 2 aliphatic rings. The van der Waals surface area contributed by atoms with Crippen molar-refractivity contribution in [3.63, 3.8) is 0 Å². The number of nitrogens with zero attached hydrogens (tertiary/aromatic N) is 1. The molecule has 0 saturated carbocycles. The fraction of sp³-hybridized carbons (Fsp3) is 0.588. The topological polar surface area (TPSA) is 72.1 Å². The zero-order chi connectivity index (χ0) is 16.9. The molecule has 2 aliphatic heterocycles. The number of hydrogen-bond donors (Lipinski definition) is 2. The van der Waals surface area contributed by atoms with Crippen molar-refractivity contribution >= 4 is 36.4 Å². The highest BCUT2D eigenvalue weighted by Gasteiger charge is 2.28. The standard InChI is InChI=1S/C17H25N3O4.2ClH/c1-22-14-7-13(8-15(9-14)23-2)20-5-3-12(11-20)19-17(21)16-10-18-4-6-24-16;;/h7-9,12,16,18H,3-6,10-11H2,1-2H3,(H,19,21);2*1H. The van der Waals surface area contributed by atoms with Gasteiger partial charge in [-0.2, -0.15) is 0 Å². The molecule has 0 radical (unpaired) electrons. The van der Waals surface area contributed by atoms with Crippen molar-refractivity contribution in [3.8, 4) is 11.5 Å². The number of hydrogen-bond acceptors (Lipinski definition) is 6. The van der Waals surface area contributed by atoms with Gasteiger partial charge in [-0.05, 0) is 6.42 Å². The number of morpholine rings is 1. The molecule has 2 fully saturated rings. The predicted molar refractivity (Wildman–Crippen MR) is 105 cm³/mol. The highest BCUT2D eigenvalue weighted by molar-refractivity contribution is 5.85. The van der Waals surface area contributed by atoms with Crippen LogP contribution in [0, 0.1) is 0 Å². The van der Waals surface area contributed by atoms with Crippen molar-refractivity contribution in [3.05, 3.63) is 18.2 Å². The van der Waals surface area contributed by atoms with Crippen LogP contribution >= 0.6 is 24.8 Å². The van der Waals surface area contributed by atoms with Crippen LogP contribution in [-0.2, 0) is 9.53 Å². The van der Waals surface area contributed by atoms with E-state index in [1.165, 1.54) is 0 Å². The lowest BCUT2D eigenvalue weighted by molar-refractivity contribution is -0.134. The molecule has 26 heavy (non-hydrogen) atoms. The van der Waals surface area contributed by atoms with Crippen LogP contribution in [0.25, 0.3) is 0 Å². The number of methoxy groups -OCH3 is 2. The fourth-order valence-electron chi connectivity index (χ4n) is 3.12. The maximum absolute atomic E-state index is 12.3. The van der Waals surface area contributed by atoms with E-state index in [1.54, 1.807) is 14.2 Å². The van der Waals surface area contributed by atoms with E-state index in [2.05, 4.69) is 15.5 Å². The van der Waals surface area contributed by atoms with Gasteiger partial charge in [-0.1, -0.05) is 0 Å². The van der Waals surface area contributed by atoms with E-state index in [0.717, 1.165) is 43.2 Å². The molecule has 9 heteroatoms. The van der Waals surface area contributed by atoms with E-state index in [-0.39, 0.29) is 42.9 Å². The molecule has 148 valence electrons. The average Bonchev–Trinajstić information content (AvgIpc) is 3.10. The lowest BCUT2D eigenvalue weighted by atomic mass is 10.2. The average molecular weight is 408 g/mol. The van der Waals surface area contributed by atoms with Crippen LogP contribution in [0.3, 0.4) is 0 Å². The first kappa shape index (κ1) is 22.6. The van der Waals surface area contributed by atoms with Crippen LogP contribution in [0.1, 0.15) is 6.42 Å². The van der Waals surface area contributed by atoms with E-state index in [9.17, 15) is 4.79 Å². The lowest BCUT2D eigenvalue weighted by Crippen LogP contribution is -2.50. The van der Waals surface area contributed by atoms with Gasteiger partial charge in [-0.15, -0.1) is 24.8 Å². The Labute approximate surface area is 166 Å². The minimum Gasteiger partial charge on any atom is -0.497 e. The van der Waals surface area contributed by atoms with Crippen molar-refractivity contribution in [1.82, 2.24) is 10.6 Å². The van der Waals surface area contributed by atoms with Crippen LogP contribution in [0.15, 0.2) is 18.2 Å². The molecule has 0 aromatic heterocycles. The molecule has 2 atom stereocenters. The number of rotatable bonds is 5. The molecule has 2 heterocycles. The summed E-state index contributed by atoms with van der Waals surface area (Å²) in [6.07, 6.45) is 0.524. The first-order valence-electron chi connectivity index (χ1n) is 8.30. The van der Waals surface area contributed by atoms with Gasteiger partial charge in [0.1, 0.15) is 17.6 Å². The summed E-state index contributed by atoms with van der Waals surface area (Å²) in [4.78, 5) is 14.5. The van der Waals surface area contributed by atoms with Crippen LogP contribution in [0.4, 0.5) is 5.69 Å². The highest BCUT2D eigenvalue weighted by atomic mass is 35.5. The predicted octanol–water partition coefficient (Wildman–Crippen LogP) is 1.23. The number of halogens is 2. The third-order valence-electron chi connectivity index (χ3n) is 4.46. The Hall–Kier alpha value is -1.41. The minimum atomic E-state index is -0.385. The Morgan fingerprint density at radius 2 is 1.92 bits per heavy atom. The second-order valence-corrected chi connectivity index (χ2v) is 6.07. The number of benzene rings is 1. The van der Waals surface area contributed by atoms with Gasteiger partial charge < -0.3 is 29.7 Å². The van der Waals surface area contributed by atoms with E-state index in [0.29, 0.717) is 13.2 Å². The maximum Gasteiger partial charge on any atom is 0.250 e. The Morgan fingerprint density at radius 1 is 1.23 bits per heavy atom. The normalized spacial score (nSPS) is 22.0. The zero-order valence-electron chi connectivity index (χ0n) is 15.0. The summed E-state index contributed by atoms with van der Waals surface area (Å²) in [5.41, 5.74) is 1.04. The minimum absolute atomic E-state index is 0. The summed E-state index contributed by atoms with van der Waals surface area (Å²) in [5, 5.41) is 6.27. The highest BCUT2D eigenvalue weighted by Crippen LogP contribution is 2.30. The fourth-order valence-corrected chi connectivity index (χ4v) is 3.12. The summed E-state index contributed by atoms with van der Waals surface area (Å²) < 4.78 is 16.2. The Kier molecular flexibility index (Phi) is 9.29. The largest absolute Gasteiger partial charge is 0.497 e. The van der Waals surface area contributed by atoms with Gasteiger partial charge in [-0.3, -0.25) is 4.79 Å². The van der Waals surface area contributed by atoms with Gasteiger partial charge in [0.2, 0.25) is 0 Å². The Balaban J connectivity index is 0.00000169. The van der Waals surface area contributed by atoms with Crippen molar-refractivity contribution < 1.29 is 19.0 Å². The molecular weight excluding hydrogens is 381 g/mol. The molecule has 1 amide bonds. The molecule has 0 spiro atoms. The van der Waals surface area contributed by atoms with Gasteiger partial charge in [0.25, 0.3) is 5.91 Å². The molecule has 3 rings (SSSR count). The number of anilines is 1. The van der Waals surface area contributed by atoms with Crippen molar-refractivity contribution in [2.24, 2.45) is 0 Å². The van der Waals surface area contributed by atoms with Gasteiger partial charge in [0.15, 0.2) is 0 Å². The smallest absolute Gasteiger partial charge is 0.250 e. The third kappa shape index (κ3) is 5.54. The van der Waals surface area contributed by atoms with Crippen LogP contribution in [0.5, 0.6) is 11.5 Å². The molecule has 1 aromatic rings. The second-order valence-electron chi connectivity index (χ2n) is 6.07. The van der Waals surface area contributed by atoms with E-state index in [1.807, 2.05) is 18.2 Å². The first-order valence-corrected chi connectivity index (χ1v) is 8.30. The second kappa shape index (κ2) is 10.7. The van der Waals surface area contributed by atoms with Gasteiger partial charge >= 0.3 is 0 Å². The Bertz CT molecular complexity index is 563. The molecule has 2 saturated heterocycles. The van der Waals surface area contributed by atoms with Crippen LogP contribution in [0.2, 0.25) is 0 Å². The van der Waals surface area contributed by atoms with E-state index < -0.39 is 0 Å². The molecule has 7 nitrogen and oxygen atoms in total. The summed E-state index contributed by atoms with van der Waals surface area (Å²) in [6.45, 7) is 3.61. The van der Waals surface area contributed by atoms with Crippen molar-refractivity contribution in [1.29, 1.82) is 0 Å². The summed E-state index contributed by atoms with van der Waals surface area (Å²) in [7, 11) is 3.29. The molecule has 0 bridgehead atoms. The third-order valence-corrected chi connectivity index (χ3v) is 4.46. The van der Waals surface area contributed by atoms with Crippen molar-refractivity contribution in [2.75, 3.05) is 51.9 Å². The lowest BCUT2D eigenvalue weighted by Gasteiger charge is -2.25. The molecule has 2 unspecified atom stereocenters. The number of amides is 1. The number of ether oxygens (including phenoxy) is 3. The number of carbonyl (C=O) groups excluding carboxylic acids is 1. The number of carbonyl (C=O) groups is 1. The van der Waals surface area contributed by atoms with Crippen molar-refractivity contribution in [2.45, 2.75) is 18.6 Å². The monoisotopic (exact) mass is 407 g/mol. The van der Waals surface area contributed by atoms with Crippen LogP contribution in [-0.4, -0.2) is 65.1 Å². The number of nitrogens with one attached hydrogen (secondary N) is 2. The summed E-state index contributed by atoms with van der Waals surface area (Å²) >= 11 is 0. The SMILES string of the molecule is COc1cc(OC)cc(N2CCC(NC(=O)C3CNCCO3)C2)c1.Cl.Cl. The van der Waals surface area contributed by atoms with Gasteiger partial charge in [0, 0.05) is 56.1 Å². The zero-order valence-corrected chi connectivity index (χ0v) is 16.7. The molecular formula is C17H27Cl2N3O4. The van der Waals surface area contributed by atoms with Gasteiger partial charge in [-0.25, -0.2) is 0 Å². The Morgan fingerprint density at radius 3 is 2.50 bits per heavy atom. The molecule has 1 aromatic carbocycles. The van der Waals surface area contributed by atoms with Gasteiger partial charge in [0.05, 0.1) is 20.8 Å². The van der Waals surface area contributed by atoms with E-state index in [4.69, 9.17) is 14.2 Å². The molecule has 0 aliphatic carbocycles. The van der Waals surface area contributed by atoms with Crippen LogP contribution < -0.4 is 25.0 Å². The summed E-state index contributed by atoms with van der Waals surface area (Å²) in [6, 6.07) is 5.95. The van der Waals surface area contributed by atoms with E-state index >= 15 is 0 Å². The first-order chi connectivity index (χ1) is 11.7. The molecule has 2 N–H and O–H groups in total. The quantitative estimate of drug-likeness (QED) is 0.764. The summed E-state index contributed by atoms with van der Waals surface area (Å²) in [5.74, 6) is 1.49. The maximum atomic E-state index is 12.3.